The van der Waals surface area contributed by atoms with E-state index in [1.165, 1.54) is 4.90 Å². The SMILES string of the molecule is CC[C@@]1(C#CCN2C(=O)c3ccccc3C2=O)C=CC2(CC1)OCCO2. The average Bonchev–Trinajstić information content (AvgIpc) is 3.23. The summed E-state index contributed by atoms with van der Waals surface area (Å²) >= 11 is 0. The van der Waals surface area contributed by atoms with Crippen molar-refractivity contribution in [1.82, 2.24) is 4.90 Å². The number of ether oxygens (including phenoxy) is 2. The molecule has 1 atom stereocenters. The zero-order chi connectivity index (χ0) is 18.2. The molecule has 0 bridgehead atoms. The Balaban J connectivity index is 1.50. The van der Waals surface area contributed by atoms with Crippen LogP contribution < -0.4 is 0 Å². The molecule has 1 spiro atoms. The number of rotatable bonds is 2. The fourth-order valence-electron chi connectivity index (χ4n) is 3.73. The topological polar surface area (TPSA) is 55.8 Å². The van der Waals surface area contributed by atoms with E-state index in [0.29, 0.717) is 24.3 Å². The molecule has 1 aromatic carbocycles. The van der Waals surface area contributed by atoms with E-state index in [0.717, 1.165) is 19.3 Å². The van der Waals surface area contributed by atoms with Gasteiger partial charge in [-0.05, 0) is 31.1 Å². The molecular weight excluding hydrogens is 330 g/mol. The fraction of sp³-hybridized carbons (Fsp3) is 0.429. The van der Waals surface area contributed by atoms with Crippen LogP contribution in [0.2, 0.25) is 0 Å². The number of nitrogens with zero attached hydrogens (tertiary/aromatic N) is 1. The minimum absolute atomic E-state index is 0.111. The van der Waals surface area contributed by atoms with Gasteiger partial charge < -0.3 is 9.47 Å². The number of allylic oxidation sites excluding steroid dienone is 1. The smallest absolute Gasteiger partial charge is 0.262 e. The first kappa shape index (κ1) is 17.0. The van der Waals surface area contributed by atoms with E-state index in [2.05, 4.69) is 24.8 Å². The molecule has 134 valence electrons. The van der Waals surface area contributed by atoms with E-state index in [1.807, 2.05) is 6.08 Å². The Morgan fingerprint density at radius 3 is 2.23 bits per heavy atom. The Morgan fingerprint density at radius 1 is 1.04 bits per heavy atom. The molecule has 1 aromatic rings. The summed E-state index contributed by atoms with van der Waals surface area (Å²) in [7, 11) is 0. The highest BCUT2D eigenvalue weighted by atomic mass is 16.7. The summed E-state index contributed by atoms with van der Waals surface area (Å²) in [5, 5.41) is 0. The third kappa shape index (κ3) is 2.76. The maximum Gasteiger partial charge on any atom is 0.262 e. The lowest BCUT2D eigenvalue weighted by atomic mass is 9.75. The highest BCUT2D eigenvalue weighted by Gasteiger charge is 2.41. The van der Waals surface area contributed by atoms with Crippen LogP contribution in [0.5, 0.6) is 0 Å². The molecule has 2 aliphatic heterocycles. The van der Waals surface area contributed by atoms with E-state index in [-0.39, 0.29) is 23.8 Å². The molecule has 4 rings (SSSR count). The molecule has 5 nitrogen and oxygen atoms in total. The molecule has 0 radical (unpaired) electrons. The first-order chi connectivity index (χ1) is 12.6. The zero-order valence-electron chi connectivity index (χ0n) is 14.8. The molecule has 2 amide bonds. The molecule has 2 heterocycles. The maximum atomic E-state index is 12.4. The van der Waals surface area contributed by atoms with Crippen molar-refractivity contribution in [3.05, 3.63) is 47.5 Å². The quantitative estimate of drug-likeness (QED) is 0.467. The van der Waals surface area contributed by atoms with E-state index in [1.54, 1.807) is 24.3 Å². The van der Waals surface area contributed by atoms with Crippen molar-refractivity contribution in [3.8, 4) is 11.8 Å². The van der Waals surface area contributed by atoms with Gasteiger partial charge in [0.15, 0.2) is 5.79 Å². The Morgan fingerprint density at radius 2 is 1.69 bits per heavy atom. The van der Waals surface area contributed by atoms with Crippen molar-refractivity contribution >= 4 is 11.8 Å². The second-order valence-electron chi connectivity index (χ2n) is 6.90. The van der Waals surface area contributed by atoms with Crippen LogP contribution in [0, 0.1) is 17.3 Å². The number of fused-ring (bicyclic) bond motifs is 1. The third-order valence-corrected chi connectivity index (χ3v) is 5.44. The number of hydrogen-bond donors (Lipinski definition) is 0. The predicted molar refractivity (Wildman–Crippen MR) is 95.3 cm³/mol. The summed E-state index contributed by atoms with van der Waals surface area (Å²) < 4.78 is 11.4. The van der Waals surface area contributed by atoms with Crippen LogP contribution in [0.15, 0.2) is 36.4 Å². The standard InChI is InChI=1S/C21H21NO4/c1-2-20(9-11-21(12-10-20)25-14-15-26-21)8-5-13-22-18(23)16-6-3-4-7-17(16)19(22)24/h3-4,6-7,9,11H,2,10,12-15H2,1H3/t20-/m1/s1. The van der Waals surface area contributed by atoms with Gasteiger partial charge in [0.05, 0.1) is 30.9 Å². The highest BCUT2D eigenvalue weighted by Crippen LogP contribution is 2.41. The van der Waals surface area contributed by atoms with Gasteiger partial charge in [0.2, 0.25) is 0 Å². The van der Waals surface area contributed by atoms with Crippen LogP contribution in [0.3, 0.4) is 0 Å². The molecule has 1 saturated heterocycles. The third-order valence-electron chi connectivity index (χ3n) is 5.44. The summed E-state index contributed by atoms with van der Waals surface area (Å²) in [6.07, 6.45) is 6.49. The fourth-order valence-corrected chi connectivity index (χ4v) is 3.73. The number of carbonyl (C=O) groups is 2. The van der Waals surface area contributed by atoms with Gasteiger partial charge in [0.25, 0.3) is 11.8 Å². The molecule has 0 unspecified atom stereocenters. The van der Waals surface area contributed by atoms with Gasteiger partial charge in [-0.1, -0.05) is 37.0 Å². The normalized spacial score (nSPS) is 26.1. The molecule has 0 saturated carbocycles. The monoisotopic (exact) mass is 351 g/mol. The molecule has 1 aliphatic carbocycles. The lowest BCUT2D eigenvalue weighted by molar-refractivity contribution is -0.129. The van der Waals surface area contributed by atoms with Crippen molar-refractivity contribution < 1.29 is 19.1 Å². The van der Waals surface area contributed by atoms with Gasteiger partial charge >= 0.3 is 0 Å². The predicted octanol–water partition coefficient (Wildman–Crippen LogP) is 2.78. The largest absolute Gasteiger partial charge is 0.344 e. The van der Waals surface area contributed by atoms with Crippen LogP contribution in [-0.2, 0) is 9.47 Å². The van der Waals surface area contributed by atoms with Crippen LogP contribution in [0.1, 0.15) is 46.9 Å². The van der Waals surface area contributed by atoms with E-state index < -0.39 is 5.79 Å². The second kappa shape index (κ2) is 6.39. The molecule has 5 heteroatoms. The summed E-state index contributed by atoms with van der Waals surface area (Å²) in [4.78, 5) is 26.0. The zero-order valence-corrected chi connectivity index (χ0v) is 14.8. The lowest BCUT2D eigenvalue weighted by Gasteiger charge is -2.35. The summed E-state index contributed by atoms with van der Waals surface area (Å²) in [6.45, 7) is 3.44. The molecule has 1 fully saturated rings. The van der Waals surface area contributed by atoms with E-state index >= 15 is 0 Å². The minimum atomic E-state index is -0.580. The maximum absolute atomic E-state index is 12.4. The van der Waals surface area contributed by atoms with Gasteiger partial charge in [0.1, 0.15) is 0 Å². The first-order valence-electron chi connectivity index (χ1n) is 9.02. The number of benzene rings is 1. The summed E-state index contributed by atoms with van der Waals surface area (Å²) in [5.41, 5.74) is 0.651. The first-order valence-corrected chi connectivity index (χ1v) is 9.02. The van der Waals surface area contributed by atoms with Gasteiger partial charge in [-0.15, -0.1) is 0 Å². The average molecular weight is 351 g/mol. The number of imide groups is 1. The summed E-state index contributed by atoms with van der Waals surface area (Å²) in [6, 6.07) is 6.89. The van der Waals surface area contributed by atoms with E-state index in [4.69, 9.17) is 9.47 Å². The molecule has 0 N–H and O–H groups in total. The number of hydrogen-bond acceptors (Lipinski definition) is 4. The van der Waals surface area contributed by atoms with Crippen molar-refractivity contribution in [2.75, 3.05) is 19.8 Å². The molecule has 3 aliphatic rings. The van der Waals surface area contributed by atoms with Crippen molar-refractivity contribution in [3.63, 3.8) is 0 Å². The van der Waals surface area contributed by atoms with Crippen LogP contribution in [0.25, 0.3) is 0 Å². The van der Waals surface area contributed by atoms with Gasteiger partial charge in [-0.3, -0.25) is 14.5 Å². The van der Waals surface area contributed by atoms with Crippen molar-refractivity contribution in [2.24, 2.45) is 5.41 Å². The highest BCUT2D eigenvalue weighted by molar-refractivity contribution is 6.21. The van der Waals surface area contributed by atoms with E-state index in [9.17, 15) is 9.59 Å². The van der Waals surface area contributed by atoms with Crippen LogP contribution >= 0.6 is 0 Å². The van der Waals surface area contributed by atoms with Gasteiger partial charge in [0, 0.05) is 11.8 Å². The Hall–Kier alpha value is -2.42. The Kier molecular flexibility index (Phi) is 4.18. The van der Waals surface area contributed by atoms with Crippen LogP contribution in [0.4, 0.5) is 0 Å². The number of amides is 2. The van der Waals surface area contributed by atoms with Gasteiger partial charge in [-0.25, -0.2) is 0 Å². The molecule has 26 heavy (non-hydrogen) atoms. The lowest BCUT2D eigenvalue weighted by Crippen LogP contribution is -2.35. The van der Waals surface area contributed by atoms with Crippen molar-refractivity contribution in [1.29, 1.82) is 0 Å². The molecule has 0 aromatic heterocycles. The Labute approximate surface area is 153 Å². The summed E-state index contributed by atoms with van der Waals surface area (Å²) in [5.74, 6) is 5.24. The second-order valence-corrected chi connectivity index (χ2v) is 6.90. The van der Waals surface area contributed by atoms with Crippen LogP contribution in [-0.4, -0.2) is 42.3 Å². The number of carbonyl (C=O) groups excluding carboxylic acids is 2. The molecular formula is C21H21NO4. The Bertz CT molecular complexity index is 806. The van der Waals surface area contributed by atoms with Crippen molar-refractivity contribution in [2.45, 2.75) is 32.0 Å². The minimum Gasteiger partial charge on any atom is -0.344 e. The van der Waals surface area contributed by atoms with Gasteiger partial charge in [-0.2, -0.15) is 0 Å².